The fourth-order valence-electron chi connectivity index (χ4n) is 1.63. The lowest BCUT2D eigenvalue weighted by molar-refractivity contribution is 0.602. The Bertz CT molecular complexity index is 475. The molecule has 1 fully saturated rings. The number of hydrazine groups is 1. The Hall–Kier alpha value is -1.41. The van der Waals surface area contributed by atoms with Crippen LogP contribution in [0.3, 0.4) is 0 Å². The highest BCUT2D eigenvalue weighted by molar-refractivity contribution is 7.91. The van der Waals surface area contributed by atoms with Crippen molar-refractivity contribution in [2.45, 2.75) is 12.5 Å². The molecule has 88 valence electrons. The normalized spacial score (nSPS) is 22.9. The summed E-state index contributed by atoms with van der Waals surface area (Å²) in [6, 6.07) is 1.59. The van der Waals surface area contributed by atoms with Crippen LogP contribution in [0.5, 0.6) is 0 Å². The van der Waals surface area contributed by atoms with Crippen LogP contribution in [0.1, 0.15) is 6.42 Å². The molecule has 0 aliphatic carbocycles. The van der Waals surface area contributed by atoms with Crippen molar-refractivity contribution in [1.29, 1.82) is 0 Å². The van der Waals surface area contributed by atoms with E-state index in [9.17, 15) is 8.42 Å². The van der Waals surface area contributed by atoms with Crippen molar-refractivity contribution in [2.24, 2.45) is 5.84 Å². The van der Waals surface area contributed by atoms with Crippen LogP contribution in [0.2, 0.25) is 0 Å². The van der Waals surface area contributed by atoms with Gasteiger partial charge >= 0.3 is 0 Å². The van der Waals surface area contributed by atoms with Gasteiger partial charge < -0.3 is 5.32 Å². The highest BCUT2D eigenvalue weighted by atomic mass is 32.2. The molecule has 16 heavy (non-hydrogen) atoms. The van der Waals surface area contributed by atoms with Gasteiger partial charge in [0.15, 0.2) is 9.84 Å². The Morgan fingerprint density at radius 1 is 1.50 bits per heavy atom. The molecule has 7 nitrogen and oxygen atoms in total. The molecule has 1 unspecified atom stereocenters. The van der Waals surface area contributed by atoms with Gasteiger partial charge in [-0.1, -0.05) is 0 Å². The number of nitrogens with zero attached hydrogens (tertiary/aromatic N) is 2. The number of rotatable bonds is 3. The molecule has 0 bridgehead atoms. The molecule has 0 spiro atoms. The van der Waals surface area contributed by atoms with Gasteiger partial charge in [0.05, 0.1) is 11.5 Å². The summed E-state index contributed by atoms with van der Waals surface area (Å²) in [5, 5.41) is 3.05. The van der Waals surface area contributed by atoms with E-state index in [1.807, 2.05) is 0 Å². The van der Waals surface area contributed by atoms with Gasteiger partial charge in [0.1, 0.15) is 5.82 Å². The van der Waals surface area contributed by atoms with Crippen LogP contribution in [0, 0.1) is 0 Å². The van der Waals surface area contributed by atoms with Crippen molar-refractivity contribution >= 4 is 21.6 Å². The average Bonchev–Trinajstić information content (AvgIpc) is 2.58. The summed E-state index contributed by atoms with van der Waals surface area (Å²) >= 11 is 0. The van der Waals surface area contributed by atoms with Crippen LogP contribution in [0.4, 0.5) is 11.8 Å². The summed E-state index contributed by atoms with van der Waals surface area (Å²) in [7, 11) is -2.88. The molecule has 4 N–H and O–H groups in total. The first-order chi connectivity index (χ1) is 7.59. The number of anilines is 2. The maximum Gasteiger partial charge on any atom is 0.239 e. The van der Waals surface area contributed by atoms with Crippen molar-refractivity contribution in [1.82, 2.24) is 9.97 Å². The minimum atomic E-state index is -2.88. The van der Waals surface area contributed by atoms with Crippen molar-refractivity contribution in [3.05, 3.63) is 12.3 Å². The molecule has 1 aromatic rings. The molecule has 2 heterocycles. The lowest BCUT2D eigenvalue weighted by Crippen LogP contribution is -2.21. The largest absolute Gasteiger partial charge is 0.366 e. The third-order valence-electron chi connectivity index (χ3n) is 2.37. The minimum Gasteiger partial charge on any atom is -0.366 e. The number of nitrogen functional groups attached to an aromatic ring is 1. The van der Waals surface area contributed by atoms with E-state index in [4.69, 9.17) is 5.84 Å². The minimum absolute atomic E-state index is 0.0782. The molecule has 1 saturated heterocycles. The van der Waals surface area contributed by atoms with Crippen molar-refractivity contribution < 1.29 is 8.42 Å². The molecular weight excluding hydrogens is 230 g/mol. The van der Waals surface area contributed by atoms with Crippen LogP contribution in [-0.4, -0.2) is 35.9 Å². The summed E-state index contributed by atoms with van der Waals surface area (Å²) in [6.07, 6.45) is 2.16. The number of nitrogens with one attached hydrogen (secondary N) is 2. The summed E-state index contributed by atoms with van der Waals surface area (Å²) in [5.74, 6) is 6.43. The summed E-state index contributed by atoms with van der Waals surface area (Å²) in [6.45, 7) is 0. The van der Waals surface area contributed by atoms with Gasteiger partial charge in [0.25, 0.3) is 0 Å². The van der Waals surface area contributed by atoms with Gasteiger partial charge in [0.2, 0.25) is 5.95 Å². The zero-order valence-electron chi connectivity index (χ0n) is 8.55. The Morgan fingerprint density at radius 2 is 2.31 bits per heavy atom. The first-order valence-corrected chi connectivity index (χ1v) is 6.68. The maximum absolute atomic E-state index is 11.2. The summed E-state index contributed by atoms with van der Waals surface area (Å²) in [5.41, 5.74) is 2.33. The SMILES string of the molecule is NNc1nccc(NC2CCS(=O)(=O)C2)n1. The smallest absolute Gasteiger partial charge is 0.239 e. The zero-order chi connectivity index (χ0) is 11.6. The second kappa shape index (κ2) is 4.22. The molecular formula is C8H13N5O2S. The van der Waals surface area contributed by atoms with Gasteiger partial charge in [-0.15, -0.1) is 0 Å². The molecule has 2 rings (SSSR count). The number of hydrogen-bond donors (Lipinski definition) is 3. The second-order valence-electron chi connectivity index (χ2n) is 3.65. The molecule has 1 aromatic heterocycles. The summed E-state index contributed by atoms with van der Waals surface area (Å²) < 4.78 is 22.5. The van der Waals surface area contributed by atoms with Crippen LogP contribution in [0.25, 0.3) is 0 Å². The Kier molecular flexibility index (Phi) is 2.92. The highest BCUT2D eigenvalue weighted by Crippen LogP contribution is 2.16. The van der Waals surface area contributed by atoms with Crippen LogP contribution in [-0.2, 0) is 9.84 Å². The Balaban J connectivity index is 2.04. The first-order valence-electron chi connectivity index (χ1n) is 4.86. The Morgan fingerprint density at radius 3 is 2.94 bits per heavy atom. The molecule has 0 aromatic carbocycles. The van der Waals surface area contributed by atoms with Gasteiger partial charge in [-0.05, 0) is 12.5 Å². The third-order valence-corrected chi connectivity index (χ3v) is 4.14. The van der Waals surface area contributed by atoms with Gasteiger partial charge in [-0.2, -0.15) is 4.98 Å². The van der Waals surface area contributed by atoms with Gasteiger partial charge in [-0.25, -0.2) is 19.2 Å². The second-order valence-corrected chi connectivity index (χ2v) is 5.88. The lowest BCUT2D eigenvalue weighted by Gasteiger charge is -2.11. The quantitative estimate of drug-likeness (QED) is 0.478. The predicted octanol–water partition coefficient (Wildman–Crippen LogP) is -0.639. The van der Waals surface area contributed by atoms with Gasteiger partial charge in [0, 0.05) is 12.2 Å². The fourth-order valence-corrected chi connectivity index (χ4v) is 3.30. The topological polar surface area (TPSA) is 110 Å². The van der Waals surface area contributed by atoms with Crippen LogP contribution < -0.4 is 16.6 Å². The highest BCUT2D eigenvalue weighted by Gasteiger charge is 2.27. The number of hydrogen-bond acceptors (Lipinski definition) is 7. The van der Waals surface area contributed by atoms with E-state index in [0.29, 0.717) is 18.2 Å². The van der Waals surface area contributed by atoms with E-state index in [0.717, 1.165) is 0 Å². The zero-order valence-corrected chi connectivity index (χ0v) is 9.37. The molecule has 0 saturated carbocycles. The monoisotopic (exact) mass is 243 g/mol. The predicted molar refractivity (Wildman–Crippen MR) is 60.5 cm³/mol. The Labute approximate surface area is 93.4 Å². The number of aromatic nitrogens is 2. The van der Waals surface area contributed by atoms with E-state index in [2.05, 4.69) is 20.7 Å². The van der Waals surface area contributed by atoms with E-state index >= 15 is 0 Å². The fraction of sp³-hybridized carbons (Fsp3) is 0.500. The summed E-state index contributed by atoms with van der Waals surface area (Å²) in [4.78, 5) is 7.90. The van der Waals surface area contributed by atoms with E-state index in [-0.39, 0.29) is 17.5 Å². The van der Waals surface area contributed by atoms with Crippen LogP contribution in [0.15, 0.2) is 12.3 Å². The maximum atomic E-state index is 11.2. The standard InChI is InChI=1S/C8H13N5O2S/c9-13-8-10-3-1-7(12-8)11-6-2-4-16(14,15)5-6/h1,3,6H,2,4-5,9H2,(H2,10,11,12,13). The molecule has 1 aliphatic heterocycles. The van der Waals surface area contributed by atoms with Crippen molar-refractivity contribution in [3.63, 3.8) is 0 Å². The average molecular weight is 243 g/mol. The lowest BCUT2D eigenvalue weighted by atomic mass is 10.2. The molecule has 0 radical (unpaired) electrons. The van der Waals surface area contributed by atoms with Crippen LogP contribution >= 0.6 is 0 Å². The number of sulfone groups is 1. The molecule has 1 atom stereocenters. The molecule has 1 aliphatic rings. The molecule has 8 heteroatoms. The first kappa shape index (κ1) is 11.1. The van der Waals surface area contributed by atoms with E-state index in [1.165, 1.54) is 0 Å². The van der Waals surface area contributed by atoms with Crippen molar-refractivity contribution in [2.75, 3.05) is 22.2 Å². The molecule has 0 amide bonds. The number of nitrogens with two attached hydrogens (primary N) is 1. The van der Waals surface area contributed by atoms with E-state index in [1.54, 1.807) is 12.3 Å². The van der Waals surface area contributed by atoms with E-state index < -0.39 is 9.84 Å². The van der Waals surface area contributed by atoms with Crippen molar-refractivity contribution in [3.8, 4) is 0 Å². The van der Waals surface area contributed by atoms with Gasteiger partial charge in [-0.3, -0.25) is 5.43 Å². The third kappa shape index (κ3) is 2.58.